The number of rotatable bonds is 2. The molecule has 1 aromatic rings. The molecular weight excluding hydrogens is 218 g/mol. The van der Waals surface area contributed by atoms with E-state index in [0.29, 0.717) is 5.17 Å². The number of anilines is 1. The second-order valence-corrected chi connectivity index (χ2v) is 4.78. The van der Waals surface area contributed by atoms with Crippen LogP contribution in [0.25, 0.3) is 0 Å². The summed E-state index contributed by atoms with van der Waals surface area (Å²) in [5, 5.41) is 5.73. The normalized spacial score (nSPS) is 24.0. The standard InChI is InChI=1S/C12H15N3S/c1-12(6-7-16-11(13)15-12)9-4-3-5-10(8-9)14-2/h3-8,14H,1-2H3,(H2,13,15)/t12-/m0/s1. The highest BCUT2D eigenvalue weighted by Crippen LogP contribution is 2.33. The third-order valence-corrected chi connectivity index (χ3v) is 3.26. The summed E-state index contributed by atoms with van der Waals surface area (Å²) in [7, 11) is 1.91. The molecule has 3 nitrogen and oxygen atoms in total. The van der Waals surface area contributed by atoms with Crippen LogP contribution in [-0.2, 0) is 5.54 Å². The Labute approximate surface area is 99.8 Å². The van der Waals surface area contributed by atoms with E-state index >= 15 is 0 Å². The van der Waals surface area contributed by atoms with Crippen LogP contribution in [0, 0.1) is 0 Å². The molecule has 0 fully saturated rings. The predicted octanol–water partition coefficient (Wildman–Crippen LogP) is 2.52. The Hall–Kier alpha value is -1.42. The summed E-state index contributed by atoms with van der Waals surface area (Å²) in [6.07, 6.45) is 2.07. The Morgan fingerprint density at radius 1 is 1.44 bits per heavy atom. The van der Waals surface area contributed by atoms with E-state index in [9.17, 15) is 0 Å². The van der Waals surface area contributed by atoms with Gasteiger partial charge in [0.05, 0.1) is 0 Å². The maximum Gasteiger partial charge on any atom is 0.159 e. The molecule has 1 heterocycles. The maximum atomic E-state index is 5.76. The Kier molecular flexibility index (Phi) is 2.92. The van der Waals surface area contributed by atoms with Crippen molar-refractivity contribution in [2.75, 3.05) is 12.4 Å². The minimum atomic E-state index is -0.345. The molecule has 0 saturated heterocycles. The summed E-state index contributed by atoms with van der Waals surface area (Å²) >= 11 is 1.46. The van der Waals surface area contributed by atoms with Crippen LogP contribution in [0.15, 0.2) is 40.7 Å². The van der Waals surface area contributed by atoms with Gasteiger partial charge in [-0.05, 0) is 36.1 Å². The number of hydrogen-bond acceptors (Lipinski definition) is 4. The lowest BCUT2D eigenvalue weighted by Gasteiger charge is -2.25. The monoisotopic (exact) mass is 233 g/mol. The van der Waals surface area contributed by atoms with Crippen molar-refractivity contribution in [2.45, 2.75) is 12.5 Å². The number of amidine groups is 1. The largest absolute Gasteiger partial charge is 0.388 e. The fraction of sp³-hybridized carbons (Fsp3) is 0.250. The van der Waals surface area contributed by atoms with Gasteiger partial charge in [-0.25, -0.2) is 4.99 Å². The summed E-state index contributed by atoms with van der Waals surface area (Å²) in [6, 6.07) is 8.21. The van der Waals surface area contributed by atoms with Gasteiger partial charge in [-0.2, -0.15) is 0 Å². The average molecular weight is 233 g/mol. The van der Waals surface area contributed by atoms with Crippen LogP contribution in [0.4, 0.5) is 5.69 Å². The van der Waals surface area contributed by atoms with E-state index in [1.54, 1.807) is 0 Å². The van der Waals surface area contributed by atoms with Crippen LogP contribution in [-0.4, -0.2) is 12.2 Å². The lowest BCUT2D eigenvalue weighted by molar-refractivity contribution is 0.635. The fourth-order valence-corrected chi connectivity index (χ4v) is 2.39. The van der Waals surface area contributed by atoms with Gasteiger partial charge in [0.2, 0.25) is 0 Å². The van der Waals surface area contributed by atoms with Gasteiger partial charge in [0.1, 0.15) is 5.54 Å². The maximum absolute atomic E-state index is 5.76. The summed E-state index contributed by atoms with van der Waals surface area (Å²) < 4.78 is 0. The lowest BCUT2D eigenvalue weighted by Crippen LogP contribution is -2.23. The van der Waals surface area contributed by atoms with Gasteiger partial charge >= 0.3 is 0 Å². The van der Waals surface area contributed by atoms with Crippen molar-refractivity contribution in [3.8, 4) is 0 Å². The van der Waals surface area contributed by atoms with Crippen molar-refractivity contribution in [3.63, 3.8) is 0 Å². The van der Waals surface area contributed by atoms with Crippen LogP contribution in [0.1, 0.15) is 12.5 Å². The summed E-state index contributed by atoms with van der Waals surface area (Å²) in [4.78, 5) is 4.50. The van der Waals surface area contributed by atoms with Gasteiger partial charge in [0.25, 0.3) is 0 Å². The molecule has 0 unspecified atom stereocenters. The van der Waals surface area contributed by atoms with E-state index < -0.39 is 0 Å². The molecule has 2 rings (SSSR count). The molecule has 0 radical (unpaired) electrons. The first-order valence-corrected chi connectivity index (χ1v) is 6.00. The van der Waals surface area contributed by atoms with Crippen LogP contribution < -0.4 is 11.1 Å². The molecule has 0 saturated carbocycles. The average Bonchev–Trinajstić information content (AvgIpc) is 2.29. The molecular formula is C12H15N3S. The highest BCUT2D eigenvalue weighted by molar-refractivity contribution is 8.16. The van der Waals surface area contributed by atoms with Crippen molar-refractivity contribution in [1.82, 2.24) is 0 Å². The minimum absolute atomic E-state index is 0.345. The molecule has 0 aromatic heterocycles. The molecule has 0 spiro atoms. The molecule has 0 amide bonds. The van der Waals surface area contributed by atoms with Gasteiger partial charge in [-0.3, -0.25) is 0 Å². The molecule has 16 heavy (non-hydrogen) atoms. The van der Waals surface area contributed by atoms with Gasteiger partial charge in [0, 0.05) is 12.7 Å². The first-order chi connectivity index (χ1) is 7.64. The van der Waals surface area contributed by atoms with Crippen molar-refractivity contribution < 1.29 is 0 Å². The van der Waals surface area contributed by atoms with Crippen molar-refractivity contribution >= 4 is 22.6 Å². The highest BCUT2D eigenvalue weighted by Gasteiger charge is 2.25. The quantitative estimate of drug-likeness (QED) is 0.825. The number of aliphatic imine (C=N–C) groups is 1. The highest BCUT2D eigenvalue weighted by atomic mass is 32.2. The SMILES string of the molecule is CNc1cccc([C@]2(C)C=CSC(N)=N2)c1. The zero-order valence-corrected chi connectivity index (χ0v) is 10.2. The number of nitrogens with one attached hydrogen (secondary N) is 1. The van der Waals surface area contributed by atoms with E-state index in [4.69, 9.17) is 5.73 Å². The van der Waals surface area contributed by atoms with Crippen LogP contribution in [0.5, 0.6) is 0 Å². The Morgan fingerprint density at radius 3 is 2.94 bits per heavy atom. The predicted molar refractivity (Wildman–Crippen MR) is 71.7 cm³/mol. The second kappa shape index (κ2) is 4.22. The third kappa shape index (κ3) is 2.07. The van der Waals surface area contributed by atoms with E-state index in [2.05, 4.69) is 35.4 Å². The van der Waals surface area contributed by atoms with E-state index in [-0.39, 0.29) is 5.54 Å². The smallest absolute Gasteiger partial charge is 0.159 e. The number of nitrogens with two attached hydrogens (primary N) is 1. The zero-order chi connectivity index (χ0) is 11.6. The molecule has 4 heteroatoms. The summed E-state index contributed by atoms with van der Waals surface area (Å²) in [6.45, 7) is 2.06. The second-order valence-electron chi connectivity index (χ2n) is 3.85. The molecule has 1 aliphatic rings. The Morgan fingerprint density at radius 2 is 2.25 bits per heavy atom. The van der Waals surface area contributed by atoms with E-state index in [1.165, 1.54) is 11.8 Å². The zero-order valence-electron chi connectivity index (χ0n) is 9.40. The number of thioether (sulfide) groups is 1. The van der Waals surface area contributed by atoms with Gasteiger partial charge in [-0.1, -0.05) is 23.9 Å². The third-order valence-electron chi connectivity index (χ3n) is 2.66. The Bertz CT molecular complexity index is 453. The molecule has 1 aliphatic heterocycles. The van der Waals surface area contributed by atoms with Crippen LogP contribution in [0.3, 0.4) is 0 Å². The molecule has 0 bridgehead atoms. The summed E-state index contributed by atoms with van der Waals surface area (Å²) in [5.74, 6) is 0. The number of nitrogens with zero attached hydrogens (tertiary/aromatic N) is 1. The molecule has 1 atom stereocenters. The topological polar surface area (TPSA) is 50.4 Å². The van der Waals surface area contributed by atoms with Gasteiger partial charge in [0.15, 0.2) is 5.17 Å². The van der Waals surface area contributed by atoms with Crippen molar-refractivity contribution in [1.29, 1.82) is 0 Å². The van der Waals surface area contributed by atoms with E-state index in [0.717, 1.165) is 11.3 Å². The summed E-state index contributed by atoms with van der Waals surface area (Å²) in [5.41, 5.74) is 7.64. The minimum Gasteiger partial charge on any atom is -0.388 e. The number of benzene rings is 1. The fourth-order valence-electron chi connectivity index (χ4n) is 1.68. The van der Waals surface area contributed by atoms with Gasteiger partial charge in [-0.15, -0.1) is 0 Å². The number of hydrogen-bond donors (Lipinski definition) is 2. The first kappa shape index (κ1) is 11.1. The molecule has 1 aromatic carbocycles. The molecule has 84 valence electrons. The van der Waals surface area contributed by atoms with Crippen LogP contribution in [0.2, 0.25) is 0 Å². The van der Waals surface area contributed by atoms with Crippen LogP contribution >= 0.6 is 11.8 Å². The van der Waals surface area contributed by atoms with Crippen molar-refractivity contribution in [3.05, 3.63) is 41.3 Å². The first-order valence-electron chi connectivity index (χ1n) is 5.12. The molecule has 0 aliphatic carbocycles. The van der Waals surface area contributed by atoms with Crippen molar-refractivity contribution in [2.24, 2.45) is 10.7 Å². The lowest BCUT2D eigenvalue weighted by atomic mass is 9.92. The Balaban J connectivity index is 2.42. The van der Waals surface area contributed by atoms with E-state index in [1.807, 2.05) is 24.6 Å². The van der Waals surface area contributed by atoms with Gasteiger partial charge < -0.3 is 11.1 Å². The molecule has 3 N–H and O–H groups in total.